The second-order valence-corrected chi connectivity index (χ2v) is 8.47. The first-order chi connectivity index (χ1) is 13.5. The van der Waals surface area contributed by atoms with Crippen molar-refractivity contribution in [1.82, 2.24) is 0 Å². The van der Waals surface area contributed by atoms with Crippen LogP contribution >= 0.6 is 16.5 Å². The van der Waals surface area contributed by atoms with Crippen LogP contribution in [0.3, 0.4) is 0 Å². The minimum atomic E-state index is -2.63. The Balaban J connectivity index is -0.000000451. The minimum absolute atomic E-state index is 0. The van der Waals surface area contributed by atoms with E-state index in [1.807, 2.05) is 0 Å². The van der Waals surface area contributed by atoms with Crippen molar-refractivity contribution in [2.45, 2.75) is 117 Å². The molecule has 0 aromatic carbocycles. The predicted octanol–water partition coefficient (Wildman–Crippen LogP) is 6.32. The molecule has 0 radical (unpaired) electrons. The summed E-state index contributed by atoms with van der Waals surface area (Å²) in [5, 5.41) is 0. The molecule has 0 saturated carbocycles. The molecule has 9 heteroatoms. The molecule has 0 N–H and O–H groups in total. The van der Waals surface area contributed by atoms with E-state index in [1.54, 1.807) is 0 Å². The van der Waals surface area contributed by atoms with Crippen LogP contribution in [0.1, 0.15) is 117 Å². The van der Waals surface area contributed by atoms with Gasteiger partial charge in [0.05, 0.1) is 0 Å². The van der Waals surface area contributed by atoms with Crippen molar-refractivity contribution in [3.8, 4) is 0 Å². The fourth-order valence-corrected chi connectivity index (χ4v) is 3.31. The van der Waals surface area contributed by atoms with E-state index in [1.165, 1.54) is 77.0 Å². The normalized spacial score (nSPS) is 11.3. The zero-order valence-electron chi connectivity index (χ0n) is 18.4. The van der Waals surface area contributed by atoms with Crippen molar-refractivity contribution in [3.05, 3.63) is 0 Å². The van der Waals surface area contributed by atoms with E-state index in [-0.39, 0.29) is 17.1 Å². The van der Waals surface area contributed by atoms with Crippen molar-refractivity contribution in [2.24, 2.45) is 0 Å². The summed E-state index contributed by atoms with van der Waals surface area (Å²) in [7, 11) is -5.27. The maximum Gasteiger partial charge on any atom is 2.00 e. The molecule has 0 saturated heterocycles. The average molecular weight is 496 g/mol. The number of hydrogen-bond acceptors (Lipinski definition) is 6. The third kappa shape index (κ3) is 39.6. The maximum atomic E-state index is 10.0. The van der Waals surface area contributed by atoms with Gasteiger partial charge in [-0.15, -0.1) is 9.05 Å². The third-order valence-electron chi connectivity index (χ3n) is 4.39. The van der Waals surface area contributed by atoms with Gasteiger partial charge in [-0.05, 0) is 22.0 Å². The Labute approximate surface area is 191 Å². The molecule has 2 unspecified atom stereocenters. The molecule has 2 atom stereocenters. The van der Waals surface area contributed by atoms with Crippen molar-refractivity contribution in [1.29, 1.82) is 0 Å². The molecule has 29 heavy (non-hydrogen) atoms. The second-order valence-electron chi connectivity index (χ2n) is 7.06. The molecule has 174 valence electrons. The summed E-state index contributed by atoms with van der Waals surface area (Å²) in [4.78, 5) is 20.0. The molecule has 0 rings (SSSR count). The molecular formula is C20H42FeO6P2+2. The molecule has 0 aliphatic heterocycles. The Bertz CT molecular complexity index is 317. The van der Waals surface area contributed by atoms with Gasteiger partial charge in [0.25, 0.3) is 0 Å². The molecule has 6 nitrogen and oxygen atoms in total. The molecule has 0 spiro atoms. The monoisotopic (exact) mass is 496 g/mol. The number of hydrogen-bond donors (Lipinski definition) is 0. The summed E-state index contributed by atoms with van der Waals surface area (Å²) < 4.78 is 28.9. The largest absolute Gasteiger partial charge is 2.00 e. The summed E-state index contributed by atoms with van der Waals surface area (Å²) in [6.45, 7) is 5.13. The first-order valence-corrected chi connectivity index (χ1v) is 13.3. The van der Waals surface area contributed by atoms with E-state index in [0.29, 0.717) is 13.2 Å². The summed E-state index contributed by atoms with van der Waals surface area (Å²) in [6, 6.07) is 0. The summed E-state index contributed by atoms with van der Waals surface area (Å²) in [5.41, 5.74) is 0. The van der Waals surface area contributed by atoms with Crippen LogP contribution in [0.25, 0.3) is 0 Å². The summed E-state index contributed by atoms with van der Waals surface area (Å²) in [6.07, 6.45) is 19.3. The number of unbranched alkanes of at least 4 members (excludes halogenated alkanes) is 14. The summed E-state index contributed by atoms with van der Waals surface area (Å²) >= 11 is 0. The molecule has 0 aromatic rings. The first kappa shape index (κ1) is 34.2. The Morgan fingerprint density at radius 1 is 0.517 bits per heavy atom. The van der Waals surface area contributed by atoms with E-state index >= 15 is 0 Å². The van der Waals surface area contributed by atoms with Gasteiger partial charge in [0.1, 0.15) is 13.2 Å². The van der Waals surface area contributed by atoms with Gasteiger partial charge in [-0.1, -0.05) is 104 Å². The van der Waals surface area contributed by atoms with Gasteiger partial charge >= 0.3 is 33.6 Å². The minimum Gasteiger partial charge on any atom is -0.566 e. The van der Waals surface area contributed by atoms with Gasteiger partial charge in [-0.25, -0.2) is 0 Å². The smallest absolute Gasteiger partial charge is 0.566 e. The molecule has 0 aliphatic rings. The van der Waals surface area contributed by atoms with E-state index in [0.717, 1.165) is 25.7 Å². The Morgan fingerprint density at radius 2 is 0.759 bits per heavy atom. The quantitative estimate of drug-likeness (QED) is 0.111. The first-order valence-electron chi connectivity index (χ1n) is 11.1. The zero-order valence-corrected chi connectivity index (χ0v) is 21.3. The predicted molar refractivity (Wildman–Crippen MR) is 112 cm³/mol. The Morgan fingerprint density at radius 3 is 1.00 bits per heavy atom. The van der Waals surface area contributed by atoms with Crippen molar-refractivity contribution >= 4 is 16.5 Å². The molecule has 0 aromatic heterocycles. The van der Waals surface area contributed by atoms with Gasteiger partial charge in [-0.3, -0.25) is 0 Å². The van der Waals surface area contributed by atoms with E-state index in [4.69, 9.17) is 0 Å². The SMILES string of the molecule is CCCCCCCCCCO[P+](=O)[O-].CCCCCCCCCCO[P+](=O)[O-].[Fe+2]. The van der Waals surface area contributed by atoms with E-state index in [2.05, 4.69) is 22.9 Å². The maximum absolute atomic E-state index is 10.0. The van der Waals surface area contributed by atoms with Crippen LogP contribution in [0.2, 0.25) is 0 Å². The zero-order chi connectivity index (χ0) is 21.3. The average Bonchev–Trinajstić information content (AvgIpc) is 2.65. The van der Waals surface area contributed by atoms with Crippen molar-refractivity contribution in [3.63, 3.8) is 0 Å². The Kier molecular flexibility index (Phi) is 36.2. The molecule has 0 amide bonds. The fraction of sp³-hybridized carbons (Fsp3) is 1.00. The van der Waals surface area contributed by atoms with Crippen LogP contribution < -0.4 is 9.79 Å². The van der Waals surface area contributed by atoms with Crippen LogP contribution in [0, 0.1) is 0 Å². The van der Waals surface area contributed by atoms with Gasteiger partial charge < -0.3 is 9.79 Å². The molecule has 0 aliphatic carbocycles. The molecular weight excluding hydrogens is 454 g/mol. The van der Waals surface area contributed by atoms with Crippen LogP contribution in [0.5, 0.6) is 0 Å². The molecule has 0 bridgehead atoms. The van der Waals surface area contributed by atoms with E-state index in [9.17, 15) is 18.9 Å². The van der Waals surface area contributed by atoms with Gasteiger partial charge in [0.15, 0.2) is 0 Å². The third-order valence-corrected chi connectivity index (χ3v) is 5.18. The van der Waals surface area contributed by atoms with E-state index < -0.39 is 16.5 Å². The van der Waals surface area contributed by atoms with Gasteiger partial charge in [-0.2, -0.15) is 0 Å². The van der Waals surface area contributed by atoms with Gasteiger partial charge in [0, 0.05) is 0 Å². The van der Waals surface area contributed by atoms with Gasteiger partial charge in [0.2, 0.25) is 0 Å². The van der Waals surface area contributed by atoms with Crippen LogP contribution in [-0.4, -0.2) is 13.2 Å². The molecule has 0 heterocycles. The van der Waals surface area contributed by atoms with Crippen LogP contribution in [0.15, 0.2) is 0 Å². The molecule has 0 fully saturated rings. The van der Waals surface area contributed by atoms with Crippen molar-refractivity contribution in [2.75, 3.05) is 13.2 Å². The summed E-state index contributed by atoms with van der Waals surface area (Å²) in [5.74, 6) is 0. The number of rotatable bonds is 20. The topological polar surface area (TPSA) is 98.7 Å². The van der Waals surface area contributed by atoms with Crippen LogP contribution in [0.4, 0.5) is 0 Å². The fourth-order valence-electron chi connectivity index (χ4n) is 2.75. The Hall–Kier alpha value is 0.559. The van der Waals surface area contributed by atoms with Crippen LogP contribution in [-0.2, 0) is 35.2 Å². The van der Waals surface area contributed by atoms with Crippen molar-refractivity contribution < 1.29 is 45.0 Å². The standard InChI is InChI=1S/2C10H21O3P.Fe/c2*1-2-3-4-5-6-7-8-9-10-13-14(11)12;/h2*2-10H2,1H3;/q;;+2. The second kappa shape index (κ2) is 30.8.